The molecule has 150 valence electrons. The predicted octanol–water partition coefficient (Wildman–Crippen LogP) is 2.94. The van der Waals surface area contributed by atoms with Crippen LogP contribution in [-0.2, 0) is 30.3 Å². The van der Waals surface area contributed by atoms with Crippen molar-refractivity contribution in [2.24, 2.45) is 0 Å². The molecule has 1 fully saturated rings. The summed E-state index contributed by atoms with van der Waals surface area (Å²) in [5.74, 6) is -0.745. The first kappa shape index (κ1) is 21.4. The zero-order valence-corrected chi connectivity index (χ0v) is 16.7. The van der Waals surface area contributed by atoms with Gasteiger partial charge in [-0.3, -0.25) is 4.79 Å². The van der Waals surface area contributed by atoms with Gasteiger partial charge in [-0.1, -0.05) is 30.3 Å². The lowest BCUT2D eigenvalue weighted by Crippen LogP contribution is -2.44. The van der Waals surface area contributed by atoms with Gasteiger partial charge in [0.15, 0.2) is 12.2 Å². The molecule has 1 aromatic carbocycles. The van der Waals surface area contributed by atoms with Crippen molar-refractivity contribution in [2.75, 3.05) is 13.2 Å². The maximum Gasteiger partial charge on any atom is 0.335 e. The van der Waals surface area contributed by atoms with Gasteiger partial charge in [-0.05, 0) is 46.1 Å². The van der Waals surface area contributed by atoms with Crippen molar-refractivity contribution in [3.05, 3.63) is 35.9 Å². The van der Waals surface area contributed by atoms with Gasteiger partial charge < -0.3 is 19.1 Å². The molecule has 6 nitrogen and oxygen atoms in total. The fraction of sp³-hybridized carbons (Fsp3) is 0.619. The first-order chi connectivity index (χ1) is 12.9. The number of ether oxygens (including phenoxy) is 3. The number of amides is 1. The number of hydrogen-bond donors (Lipinski definition) is 0. The highest BCUT2D eigenvalue weighted by atomic mass is 16.6. The molecule has 0 saturated carbocycles. The van der Waals surface area contributed by atoms with Gasteiger partial charge in [0.05, 0.1) is 12.7 Å². The Morgan fingerprint density at radius 2 is 1.85 bits per heavy atom. The highest BCUT2D eigenvalue weighted by Crippen LogP contribution is 2.14. The number of carbonyl (C=O) groups is 2. The van der Waals surface area contributed by atoms with Crippen molar-refractivity contribution >= 4 is 11.9 Å². The average Bonchev–Trinajstić information content (AvgIpc) is 3.17. The van der Waals surface area contributed by atoms with Crippen molar-refractivity contribution in [3.63, 3.8) is 0 Å². The molecular weight excluding hydrogens is 346 g/mol. The molecule has 0 aromatic heterocycles. The van der Waals surface area contributed by atoms with Crippen LogP contribution in [-0.4, -0.2) is 54.3 Å². The lowest BCUT2D eigenvalue weighted by Gasteiger charge is -2.29. The Hall–Kier alpha value is -1.92. The second kappa shape index (κ2) is 10.4. The normalized spacial score (nSPS) is 18.9. The van der Waals surface area contributed by atoms with Crippen molar-refractivity contribution < 1.29 is 23.8 Å². The fourth-order valence-electron chi connectivity index (χ4n) is 2.94. The molecule has 6 heteroatoms. The average molecular weight is 377 g/mol. The number of esters is 1. The molecular formula is C21H31NO5. The molecule has 0 N–H and O–H groups in total. The van der Waals surface area contributed by atoms with Crippen LogP contribution in [0.4, 0.5) is 0 Å². The number of rotatable bonds is 9. The van der Waals surface area contributed by atoms with E-state index >= 15 is 0 Å². The Morgan fingerprint density at radius 3 is 2.44 bits per heavy atom. The van der Waals surface area contributed by atoms with E-state index in [1.54, 1.807) is 18.7 Å². The molecule has 3 unspecified atom stereocenters. The molecule has 3 atom stereocenters. The van der Waals surface area contributed by atoms with Crippen LogP contribution in [0.5, 0.6) is 0 Å². The van der Waals surface area contributed by atoms with Crippen LogP contribution < -0.4 is 0 Å². The third-order valence-electron chi connectivity index (χ3n) is 4.63. The van der Waals surface area contributed by atoms with E-state index in [1.165, 1.54) is 0 Å². The monoisotopic (exact) mass is 377 g/mol. The standard InChI is InChI=1S/C21H31NO5/c1-15(2)22(13-18-9-6-5-7-10-18)20(23)16(3)27-21(24)17(4)26-14-19-11-8-12-25-19/h5-7,9-10,15-17,19H,8,11-14H2,1-4H3. The first-order valence-corrected chi connectivity index (χ1v) is 9.66. The summed E-state index contributed by atoms with van der Waals surface area (Å²) >= 11 is 0. The minimum Gasteiger partial charge on any atom is -0.451 e. The zero-order chi connectivity index (χ0) is 19.8. The van der Waals surface area contributed by atoms with Gasteiger partial charge in [0, 0.05) is 19.2 Å². The first-order valence-electron chi connectivity index (χ1n) is 9.66. The molecule has 1 aliphatic heterocycles. The number of hydrogen-bond acceptors (Lipinski definition) is 5. The van der Waals surface area contributed by atoms with Gasteiger partial charge in [-0.25, -0.2) is 4.79 Å². The van der Waals surface area contributed by atoms with Gasteiger partial charge in [-0.2, -0.15) is 0 Å². The summed E-state index contributed by atoms with van der Waals surface area (Å²) in [7, 11) is 0. The summed E-state index contributed by atoms with van der Waals surface area (Å²) in [5.41, 5.74) is 1.03. The van der Waals surface area contributed by atoms with Gasteiger partial charge >= 0.3 is 5.97 Å². The van der Waals surface area contributed by atoms with E-state index in [0.29, 0.717) is 13.2 Å². The Morgan fingerprint density at radius 1 is 1.15 bits per heavy atom. The smallest absolute Gasteiger partial charge is 0.335 e. The van der Waals surface area contributed by atoms with Gasteiger partial charge in [0.1, 0.15) is 0 Å². The molecule has 1 aliphatic rings. The fourth-order valence-corrected chi connectivity index (χ4v) is 2.94. The summed E-state index contributed by atoms with van der Waals surface area (Å²) < 4.78 is 16.4. The summed E-state index contributed by atoms with van der Waals surface area (Å²) in [6.07, 6.45) is 0.412. The summed E-state index contributed by atoms with van der Waals surface area (Å²) in [4.78, 5) is 26.8. The molecule has 1 aromatic rings. The quantitative estimate of drug-likeness (QED) is 0.619. The third kappa shape index (κ3) is 6.63. The van der Waals surface area contributed by atoms with Crippen molar-refractivity contribution in [1.29, 1.82) is 0 Å². The van der Waals surface area contributed by atoms with Crippen LogP contribution in [0.15, 0.2) is 30.3 Å². The molecule has 2 rings (SSSR count). The van der Waals surface area contributed by atoms with Crippen LogP contribution in [0.25, 0.3) is 0 Å². The van der Waals surface area contributed by atoms with E-state index in [-0.39, 0.29) is 18.1 Å². The predicted molar refractivity (Wildman–Crippen MR) is 102 cm³/mol. The number of nitrogens with zero attached hydrogens (tertiary/aromatic N) is 1. The Bertz CT molecular complexity index is 598. The van der Waals surface area contributed by atoms with Crippen LogP contribution in [0.3, 0.4) is 0 Å². The maximum absolute atomic E-state index is 12.8. The molecule has 1 saturated heterocycles. The molecule has 27 heavy (non-hydrogen) atoms. The van der Waals surface area contributed by atoms with Gasteiger partial charge in [-0.15, -0.1) is 0 Å². The number of benzene rings is 1. The third-order valence-corrected chi connectivity index (χ3v) is 4.63. The highest BCUT2D eigenvalue weighted by Gasteiger charge is 2.28. The molecule has 0 bridgehead atoms. The molecule has 0 radical (unpaired) electrons. The van der Waals surface area contributed by atoms with Crippen molar-refractivity contribution in [2.45, 2.75) is 71.4 Å². The van der Waals surface area contributed by atoms with Crippen LogP contribution >= 0.6 is 0 Å². The van der Waals surface area contributed by atoms with Crippen LogP contribution in [0.2, 0.25) is 0 Å². The second-order valence-corrected chi connectivity index (χ2v) is 7.24. The van der Waals surface area contributed by atoms with E-state index in [9.17, 15) is 9.59 Å². The van der Waals surface area contributed by atoms with E-state index in [0.717, 1.165) is 25.0 Å². The van der Waals surface area contributed by atoms with E-state index in [4.69, 9.17) is 14.2 Å². The minimum absolute atomic E-state index is 0.00736. The van der Waals surface area contributed by atoms with E-state index in [1.807, 2.05) is 44.2 Å². The summed E-state index contributed by atoms with van der Waals surface area (Å²) in [5, 5.41) is 0. The van der Waals surface area contributed by atoms with E-state index < -0.39 is 18.2 Å². The lowest BCUT2D eigenvalue weighted by molar-refractivity contribution is -0.170. The molecule has 0 aliphatic carbocycles. The topological polar surface area (TPSA) is 65.1 Å². The van der Waals surface area contributed by atoms with E-state index in [2.05, 4.69) is 0 Å². The molecule has 0 spiro atoms. The van der Waals surface area contributed by atoms with Crippen LogP contribution in [0.1, 0.15) is 46.1 Å². The van der Waals surface area contributed by atoms with Crippen molar-refractivity contribution in [3.8, 4) is 0 Å². The Labute approximate surface area is 161 Å². The van der Waals surface area contributed by atoms with Gasteiger partial charge in [0.2, 0.25) is 0 Å². The summed E-state index contributed by atoms with van der Waals surface area (Å²) in [6.45, 7) is 8.72. The second-order valence-electron chi connectivity index (χ2n) is 7.24. The minimum atomic E-state index is -0.864. The highest BCUT2D eigenvalue weighted by molar-refractivity contribution is 5.84. The molecule has 1 amide bonds. The van der Waals surface area contributed by atoms with Crippen molar-refractivity contribution in [1.82, 2.24) is 4.90 Å². The van der Waals surface area contributed by atoms with Gasteiger partial charge in [0.25, 0.3) is 5.91 Å². The zero-order valence-electron chi connectivity index (χ0n) is 16.7. The largest absolute Gasteiger partial charge is 0.451 e. The maximum atomic E-state index is 12.8. The van der Waals surface area contributed by atoms with Crippen LogP contribution in [0, 0.1) is 0 Å². The Kier molecular flexibility index (Phi) is 8.25. The Balaban J connectivity index is 1.86. The summed E-state index contributed by atoms with van der Waals surface area (Å²) in [6, 6.07) is 9.75. The lowest BCUT2D eigenvalue weighted by atomic mass is 10.1. The molecule has 1 heterocycles. The number of carbonyl (C=O) groups excluding carboxylic acids is 2. The SMILES string of the molecule is CC(OCC1CCCO1)C(=O)OC(C)C(=O)N(Cc1ccccc1)C(C)C.